The Labute approximate surface area is 134 Å². The van der Waals surface area contributed by atoms with Crippen molar-refractivity contribution in [3.05, 3.63) is 0 Å². The molecular formula is C14H40GeSi4. The first-order valence-corrected chi connectivity index (χ1v) is 25.7. The second kappa shape index (κ2) is 6.26. The fourth-order valence-electron chi connectivity index (χ4n) is 4.25. The van der Waals surface area contributed by atoms with Crippen molar-refractivity contribution in [1.82, 2.24) is 0 Å². The van der Waals surface area contributed by atoms with E-state index in [9.17, 15) is 0 Å². The van der Waals surface area contributed by atoms with Crippen molar-refractivity contribution in [3.63, 3.8) is 0 Å². The van der Waals surface area contributed by atoms with E-state index in [1.165, 1.54) is 7.99 Å². The van der Waals surface area contributed by atoms with E-state index in [1.54, 1.807) is 0 Å². The third-order valence-corrected chi connectivity index (χ3v) is 61.1. The van der Waals surface area contributed by atoms with Crippen LogP contribution in [-0.2, 0) is 0 Å². The Kier molecular flexibility index (Phi) is 6.73. The second-order valence-corrected chi connectivity index (χ2v) is 44.9. The number of hydrogen-bond donors (Lipinski definition) is 0. The van der Waals surface area contributed by atoms with E-state index in [4.69, 9.17) is 0 Å². The molecule has 116 valence electrons. The molecule has 0 bridgehead atoms. The summed E-state index contributed by atoms with van der Waals surface area (Å²) in [5.41, 5.74) is 0. The zero-order valence-corrected chi connectivity index (χ0v) is 22.8. The van der Waals surface area contributed by atoms with E-state index in [-0.39, 0.29) is 0 Å². The Balaban J connectivity index is 5.43. The van der Waals surface area contributed by atoms with Crippen LogP contribution in [0.5, 0.6) is 0 Å². The average molecular weight is 393 g/mol. The zero-order chi connectivity index (χ0) is 15.9. The molecule has 0 nitrogen and oxygen atoms in total. The van der Waals surface area contributed by atoms with E-state index < -0.39 is 47.7 Å². The summed E-state index contributed by atoms with van der Waals surface area (Å²) in [4.78, 5) is 0. The molecule has 0 saturated heterocycles. The van der Waals surface area contributed by atoms with Crippen LogP contribution in [0.1, 0.15) is 0 Å². The first kappa shape index (κ1) is 20.4. The molecule has 0 fully saturated rings. The van der Waals surface area contributed by atoms with Gasteiger partial charge in [0, 0.05) is 0 Å². The molecule has 0 radical (unpaired) electrons. The Morgan fingerprint density at radius 3 is 0.684 bits per heavy atom. The van der Waals surface area contributed by atoms with Crippen LogP contribution in [0, 0.1) is 0 Å². The van der Waals surface area contributed by atoms with Crippen molar-refractivity contribution in [3.8, 4) is 0 Å². The molecule has 0 aromatic heterocycles. The molecule has 5 heteroatoms. The van der Waals surface area contributed by atoms with Crippen LogP contribution in [0.15, 0.2) is 0 Å². The number of rotatable bonds is 6. The molecule has 0 rings (SSSR count). The van der Waals surface area contributed by atoms with Crippen molar-refractivity contribution >= 4 is 47.7 Å². The van der Waals surface area contributed by atoms with Gasteiger partial charge in [0.2, 0.25) is 0 Å². The van der Waals surface area contributed by atoms with Crippen molar-refractivity contribution in [1.29, 1.82) is 0 Å². The summed E-state index contributed by atoms with van der Waals surface area (Å²) in [6.45, 7) is 31.9. The molecule has 0 saturated carbocycles. The van der Waals surface area contributed by atoms with Crippen LogP contribution in [0.4, 0.5) is 0 Å². The Morgan fingerprint density at radius 1 is 0.421 bits per heavy atom. The van der Waals surface area contributed by atoms with Gasteiger partial charge in [0.25, 0.3) is 0 Å². The van der Waals surface area contributed by atoms with Gasteiger partial charge in [-0.25, -0.2) is 0 Å². The predicted molar refractivity (Wildman–Crippen MR) is 109 cm³/mol. The van der Waals surface area contributed by atoms with E-state index in [0.29, 0.717) is 0 Å². The predicted octanol–water partition coefficient (Wildman–Crippen LogP) is 5.24. The fourth-order valence-corrected chi connectivity index (χ4v) is 56.5. The summed E-state index contributed by atoms with van der Waals surface area (Å²) in [5, 5.41) is 0. The maximum absolute atomic E-state index is 2.66. The minimum atomic E-state index is -0.953. The summed E-state index contributed by atoms with van der Waals surface area (Å²) >= 11 is -0.454. The summed E-state index contributed by atoms with van der Waals surface area (Å²) in [7, 11) is -3.81. The third-order valence-electron chi connectivity index (χ3n) is 4.65. The quantitative estimate of drug-likeness (QED) is 0.542. The van der Waals surface area contributed by atoms with Gasteiger partial charge in [-0.3, -0.25) is 0 Å². The third kappa shape index (κ3) is 6.80. The van der Waals surface area contributed by atoms with Gasteiger partial charge in [-0.15, -0.1) is 0 Å². The molecular weight excluding hydrogens is 353 g/mol. The number of hydrogen-bond acceptors (Lipinski definition) is 0. The molecule has 0 aliphatic carbocycles. The van der Waals surface area contributed by atoms with Gasteiger partial charge in [0.1, 0.15) is 0 Å². The van der Waals surface area contributed by atoms with Gasteiger partial charge in [-0.1, -0.05) is 0 Å². The molecule has 0 aromatic rings. The molecule has 0 spiro atoms. The molecule has 0 N–H and O–H groups in total. The second-order valence-electron chi connectivity index (χ2n) is 10.8. The topological polar surface area (TPSA) is 0 Å². The van der Waals surface area contributed by atoms with Gasteiger partial charge >= 0.3 is 134 Å². The van der Waals surface area contributed by atoms with E-state index in [1.807, 2.05) is 0 Å². The van der Waals surface area contributed by atoms with E-state index in [2.05, 4.69) is 78.6 Å². The molecule has 0 aliphatic rings. The maximum atomic E-state index is 2.66. The average Bonchev–Trinajstić information content (AvgIpc) is 1.91. The monoisotopic (exact) mass is 394 g/mol. The van der Waals surface area contributed by atoms with Crippen molar-refractivity contribution < 1.29 is 0 Å². The molecule has 0 aromatic carbocycles. The zero-order valence-electron chi connectivity index (χ0n) is 15.9. The van der Waals surface area contributed by atoms with Crippen LogP contribution in [-0.4, -0.2) is 47.7 Å². The molecule has 0 atom stereocenters. The summed E-state index contributed by atoms with van der Waals surface area (Å²) in [6.07, 6.45) is 0. The van der Waals surface area contributed by atoms with Crippen molar-refractivity contribution in [2.24, 2.45) is 0 Å². The molecule has 0 heterocycles. The van der Waals surface area contributed by atoms with Gasteiger partial charge in [0.15, 0.2) is 0 Å². The fraction of sp³-hybridized carbons (Fsp3) is 1.00. The van der Waals surface area contributed by atoms with Crippen LogP contribution < -0.4 is 0 Å². The van der Waals surface area contributed by atoms with Crippen LogP contribution >= 0.6 is 0 Å². The summed E-state index contributed by atoms with van der Waals surface area (Å²) in [5.74, 6) is 0. The van der Waals surface area contributed by atoms with Gasteiger partial charge in [-0.05, 0) is 0 Å². The SMILES string of the molecule is C[Si](C)(C)[CH]([GeH2][CH]([Si](C)(C)C)[Si](C)(C)C)[Si](C)(C)C. The Bertz CT molecular complexity index is 231. The summed E-state index contributed by atoms with van der Waals surface area (Å²) < 4.78 is 2.55. The Hall–Kier alpha value is 1.41. The van der Waals surface area contributed by atoms with Gasteiger partial charge in [-0.2, -0.15) is 0 Å². The Morgan fingerprint density at radius 2 is 0.579 bits per heavy atom. The van der Waals surface area contributed by atoms with Crippen molar-refractivity contribution in [2.45, 2.75) is 86.6 Å². The molecule has 0 unspecified atom stereocenters. The van der Waals surface area contributed by atoms with Crippen LogP contribution in [0.2, 0.25) is 86.6 Å². The molecule has 0 amide bonds. The molecule has 19 heavy (non-hydrogen) atoms. The van der Waals surface area contributed by atoms with Crippen LogP contribution in [0.3, 0.4) is 0 Å². The first-order valence-electron chi connectivity index (χ1n) is 7.97. The normalized spacial score (nSPS) is 15.5. The first-order chi connectivity index (χ1) is 7.97. The minimum absolute atomic E-state index is 0.454. The van der Waals surface area contributed by atoms with Gasteiger partial charge in [0.05, 0.1) is 0 Å². The van der Waals surface area contributed by atoms with Crippen molar-refractivity contribution in [2.75, 3.05) is 0 Å². The van der Waals surface area contributed by atoms with Gasteiger partial charge < -0.3 is 0 Å². The summed E-state index contributed by atoms with van der Waals surface area (Å²) in [6, 6.07) is 0. The van der Waals surface area contributed by atoms with E-state index >= 15 is 0 Å². The standard InChI is InChI=1S/C14H40GeSi4/c1-16(2,3)13(17(4,5)6)15-14(18(7,8)9)19(10,11)12/h13-14H,15H2,1-12H3. The molecule has 0 aliphatic heterocycles. The van der Waals surface area contributed by atoms with Crippen LogP contribution in [0.25, 0.3) is 0 Å². The van der Waals surface area contributed by atoms with E-state index in [0.717, 1.165) is 0 Å².